The van der Waals surface area contributed by atoms with E-state index in [1.807, 2.05) is 4.90 Å². The highest BCUT2D eigenvalue weighted by Gasteiger charge is 2.45. The van der Waals surface area contributed by atoms with Gasteiger partial charge in [-0.15, -0.1) is 0 Å². The van der Waals surface area contributed by atoms with Crippen LogP contribution in [0, 0.1) is 11.8 Å². The maximum Gasteiger partial charge on any atom is 0.227 e. The Bertz CT molecular complexity index is 398. The normalized spacial score (nSPS) is 41.5. The van der Waals surface area contributed by atoms with Gasteiger partial charge in [-0.25, -0.2) is 0 Å². The average Bonchev–Trinajstić information content (AvgIpc) is 3.00. The predicted molar refractivity (Wildman–Crippen MR) is 71.1 cm³/mol. The van der Waals surface area contributed by atoms with Gasteiger partial charge in [0.2, 0.25) is 11.8 Å². The van der Waals surface area contributed by atoms with Crippen molar-refractivity contribution in [3.63, 3.8) is 0 Å². The topological polar surface area (TPSA) is 75.4 Å². The highest BCUT2D eigenvalue weighted by Crippen LogP contribution is 2.35. The van der Waals surface area contributed by atoms with Gasteiger partial charge >= 0.3 is 0 Å². The van der Waals surface area contributed by atoms with Gasteiger partial charge in [0.05, 0.1) is 11.8 Å². The molecule has 5 heteroatoms. The Labute approximate surface area is 113 Å². The predicted octanol–water partition coefficient (Wildman–Crippen LogP) is 0.239. The monoisotopic (exact) mass is 265 g/mol. The van der Waals surface area contributed by atoms with Gasteiger partial charge in [0, 0.05) is 24.7 Å². The molecular weight excluding hydrogens is 242 g/mol. The molecule has 3 aliphatic heterocycles. The lowest BCUT2D eigenvalue weighted by atomic mass is 9.85. The summed E-state index contributed by atoms with van der Waals surface area (Å²) >= 11 is 0. The van der Waals surface area contributed by atoms with Crippen molar-refractivity contribution in [1.29, 1.82) is 0 Å². The fourth-order valence-electron chi connectivity index (χ4n) is 3.96. The maximum atomic E-state index is 12.7. The lowest BCUT2D eigenvalue weighted by molar-refractivity contribution is -0.142. The molecule has 106 valence electrons. The molecule has 0 spiro atoms. The summed E-state index contributed by atoms with van der Waals surface area (Å²) in [6.07, 6.45) is 4.98. The Balaban J connectivity index is 1.69. The van der Waals surface area contributed by atoms with E-state index in [2.05, 4.69) is 12.2 Å². The smallest absolute Gasteiger partial charge is 0.227 e. The van der Waals surface area contributed by atoms with Crippen molar-refractivity contribution in [3.8, 4) is 0 Å². The molecule has 5 atom stereocenters. The first kappa shape index (κ1) is 12.9. The maximum absolute atomic E-state index is 12.7. The van der Waals surface area contributed by atoms with Crippen molar-refractivity contribution < 1.29 is 9.59 Å². The van der Waals surface area contributed by atoms with Gasteiger partial charge in [-0.1, -0.05) is 0 Å². The molecule has 0 aliphatic carbocycles. The molecular formula is C14H23N3O2. The summed E-state index contributed by atoms with van der Waals surface area (Å²) in [5.41, 5.74) is 5.40. The summed E-state index contributed by atoms with van der Waals surface area (Å²) in [7, 11) is 0. The lowest BCUT2D eigenvalue weighted by Gasteiger charge is -2.39. The molecule has 5 nitrogen and oxygen atoms in total. The summed E-state index contributed by atoms with van der Waals surface area (Å²) in [6.45, 7) is 2.60. The molecule has 3 saturated heterocycles. The Morgan fingerprint density at radius 2 is 2.00 bits per heavy atom. The summed E-state index contributed by atoms with van der Waals surface area (Å²) < 4.78 is 0. The second-order valence-electron chi connectivity index (χ2n) is 6.41. The van der Waals surface area contributed by atoms with Crippen molar-refractivity contribution in [3.05, 3.63) is 0 Å². The van der Waals surface area contributed by atoms with Crippen molar-refractivity contribution >= 4 is 11.8 Å². The first-order valence-electron chi connectivity index (χ1n) is 7.42. The Morgan fingerprint density at radius 3 is 2.58 bits per heavy atom. The summed E-state index contributed by atoms with van der Waals surface area (Å²) in [4.78, 5) is 26.0. The Hall–Kier alpha value is -1.10. The van der Waals surface area contributed by atoms with E-state index in [9.17, 15) is 9.59 Å². The minimum atomic E-state index is -0.268. The zero-order valence-corrected chi connectivity index (χ0v) is 11.5. The number of nitrogens with two attached hydrogens (primary N) is 1. The van der Waals surface area contributed by atoms with Crippen LogP contribution in [0.25, 0.3) is 0 Å². The molecule has 3 heterocycles. The van der Waals surface area contributed by atoms with Crippen LogP contribution in [0.1, 0.15) is 39.0 Å². The third kappa shape index (κ3) is 2.24. The Kier molecular flexibility index (Phi) is 3.25. The number of fused-ring (bicyclic) bond motifs is 2. The van der Waals surface area contributed by atoms with Crippen molar-refractivity contribution in [2.24, 2.45) is 17.6 Å². The number of nitrogens with zero attached hydrogens (tertiary/aromatic N) is 1. The van der Waals surface area contributed by atoms with Gasteiger partial charge in [-0.05, 0) is 39.0 Å². The van der Waals surface area contributed by atoms with E-state index >= 15 is 0 Å². The van der Waals surface area contributed by atoms with E-state index in [0.29, 0.717) is 18.6 Å². The molecule has 3 N–H and O–H groups in total. The van der Waals surface area contributed by atoms with Gasteiger partial charge < -0.3 is 16.0 Å². The van der Waals surface area contributed by atoms with Gasteiger partial charge in [0.1, 0.15) is 0 Å². The molecule has 2 amide bonds. The number of amides is 2. The van der Waals surface area contributed by atoms with E-state index in [4.69, 9.17) is 5.73 Å². The summed E-state index contributed by atoms with van der Waals surface area (Å²) in [5.74, 6) is -0.0755. The largest absolute Gasteiger partial charge is 0.369 e. The van der Waals surface area contributed by atoms with Gasteiger partial charge in [0.15, 0.2) is 0 Å². The highest BCUT2D eigenvalue weighted by molar-refractivity contribution is 5.82. The van der Waals surface area contributed by atoms with Crippen LogP contribution in [0.5, 0.6) is 0 Å². The summed E-state index contributed by atoms with van der Waals surface area (Å²) in [5, 5.41) is 3.51. The van der Waals surface area contributed by atoms with E-state index in [1.54, 1.807) is 0 Å². The van der Waals surface area contributed by atoms with Crippen LogP contribution < -0.4 is 11.1 Å². The molecule has 19 heavy (non-hydrogen) atoms. The number of rotatable bonds is 2. The number of carbonyl (C=O) groups excluding carboxylic acids is 2. The average molecular weight is 265 g/mol. The minimum absolute atomic E-state index is 0.118. The molecule has 5 unspecified atom stereocenters. The first-order valence-corrected chi connectivity index (χ1v) is 7.42. The SMILES string of the molecule is CC1CCC(C(N)=O)CN1C(=O)C1CC2CCC1N2. The van der Waals surface area contributed by atoms with Gasteiger partial charge in [0.25, 0.3) is 0 Å². The van der Waals surface area contributed by atoms with Crippen LogP contribution in [-0.4, -0.2) is 41.4 Å². The third-order valence-electron chi connectivity index (χ3n) is 5.18. The zero-order valence-electron chi connectivity index (χ0n) is 11.5. The number of hydrogen-bond donors (Lipinski definition) is 2. The van der Waals surface area contributed by atoms with Crippen molar-refractivity contribution in [2.45, 2.75) is 57.2 Å². The fourth-order valence-corrected chi connectivity index (χ4v) is 3.96. The van der Waals surface area contributed by atoms with Crippen LogP contribution in [0.2, 0.25) is 0 Å². The van der Waals surface area contributed by atoms with Crippen LogP contribution in [-0.2, 0) is 9.59 Å². The molecule has 2 bridgehead atoms. The van der Waals surface area contributed by atoms with Crippen LogP contribution in [0.3, 0.4) is 0 Å². The standard InChI is InChI=1S/C14H23N3O2/c1-8-2-3-9(13(15)18)7-17(8)14(19)11-6-10-4-5-12(11)16-10/h8-12,16H,2-7H2,1H3,(H2,15,18). The number of likely N-dealkylation sites (tertiary alicyclic amines) is 1. The molecule has 3 rings (SSSR count). The zero-order chi connectivity index (χ0) is 13.6. The highest BCUT2D eigenvalue weighted by atomic mass is 16.2. The molecule has 0 saturated carbocycles. The molecule has 3 aliphatic rings. The molecule has 0 aromatic heterocycles. The first-order chi connectivity index (χ1) is 9.06. The van der Waals surface area contributed by atoms with Crippen molar-refractivity contribution in [1.82, 2.24) is 10.2 Å². The molecule has 3 fully saturated rings. The number of nitrogens with one attached hydrogen (secondary N) is 1. The molecule has 0 aromatic carbocycles. The van der Waals surface area contributed by atoms with Crippen LogP contribution in [0.4, 0.5) is 0 Å². The molecule has 0 radical (unpaired) electrons. The third-order valence-corrected chi connectivity index (χ3v) is 5.18. The van der Waals surface area contributed by atoms with Crippen LogP contribution in [0.15, 0.2) is 0 Å². The number of hydrogen-bond acceptors (Lipinski definition) is 3. The van der Waals surface area contributed by atoms with E-state index < -0.39 is 0 Å². The lowest BCUT2D eigenvalue weighted by Crippen LogP contribution is -2.52. The van der Waals surface area contributed by atoms with Gasteiger partial charge in [-0.3, -0.25) is 9.59 Å². The second-order valence-corrected chi connectivity index (χ2v) is 6.41. The molecule has 0 aromatic rings. The quantitative estimate of drug-likeness (QED) is 0.751. The van der Waals surface area contributed by atoms with E-state index in [1.165, 1.54) is 6.42 Å². The van der Waals surface area contributed by atoms with Crippen LogP contribution >= 0.6 is 0 Å². The van der Waals surface area contributed by atoms with Gasteiger partial charge in [-0.2, -0.15) is 0 Å². The van der Waals surface area contributed by atoms with E-state index in [0.717, 1.165) is 25.7 Å². The number of primary amides is 1. The van der Waals surface area contributed by atoms with E-state index in [-0.39, 0.29) is 29.7 Å². The minimum Gasteiger partial charge on any atom is -0.369 e. The number of piperidine rings is 1. The van der Waals surface area contributed by atoms with Crippen molar-refractivity contribution in [2.75, 3.05) is 6.54 Å². The second kappa shape index (κ2) is 4.78. The summed E-state index contributed by atoms with van der Waals surface area (Å²) in [6, 6.07) is 1.13. The fraction of sp³-hybridized carbons (Fsp3) is 0.857. The Morgan fingerprint density at radius 1 is 1.21 bits per heavy atom. The number of carbonyl (C=O) groups is 2.